The molecule has 0 aliphatic rings. The van der Waals surface area contributed by atoms with Gasteiger partial charge in [0.1, 0.15) is 5.82 Å². The van der Waals surface area contributed by atoms with Gasteiger partial charge in [-0.25, -0.2) is 4.79 Å². The quantitative estimate of drug-likeness (QED) is 0.739. The van der Waals surface area contributed by atoms with Crippen LogP contribution in [0.2, 0.25) is 0 Å². The molecule has 78 valence electrons. The first-order valence-electron chi connectivity index (χ1n) is 4.67. The Balaban J connectivity index is 3.21. The Morgan fingerprint density at radius 3 is 2.71 bits per heavy atom. The lowest BCUT2D eigenvalue weighted by molar-refractivity contribution is 0.483. The highest BCUT2D eigenvalue weighted by molar-refractivity contribution is 5.26. The van der Waals surface area contributed by atoms with Gasteiger partial charge in [-0.1, -0.05) is 13.3 Å². The Hall–Kier alpha value is -1.52. The van der Waals surface area contributed by atoms with Gasteiger partial charge in [0, 0.05) is 12.1 Å². The van der Waals surface area contributed by atoms with Crippen LogP contribution in [0.1, 0.15) is 32.7 Å². The van der Waals surface area contributed by atoms with Crippen molar-refractivity contribution >= 4 is 5.82 Å². The Morgan fingerprint density at radius 1 is 1.57 bits per heavy atom. The zero-order valence-electron chi connectivity index (χ0n) is 8.41. The fraction of sp³-hybridized carbons (Fsp3) is 0.556. The third-order valence-electron chi connectivity index (χ3n) is 2.15. The molecular formula is C9H15N3O2. The minimum Gasteiger partial charge on any atom is -0.385 e. The standard InChI is InChI=1S/C9H15N3O2/c1-3-4-6(2)12-7(10)5-8(13)11-9(12)14/h5-6H,3-4,10H2,1-2H3,(H,11,13,14). The van der Waals surface area contributed by atoms with E-state index in [9.17, 15) is 9.59 Å². The van der Waals surface area contributed by atoms with Crippen LogP contribution >= 0.6 is 0 Å². The molecule has 1 unspecified atom stereocenters. The molecule has 1 heterocycles. The molecule has 0 amide bonds. The number of rotatable bonds is 3. The highest BCUT2D eigenvalue weighted by Gasteiger charge is 2.09. The summed E-state index contributed by atoms with van der Waals surface area (Å²) in [6.45, 7) is 3.93. The van der Waals surface area contributed by atoms with Crippen LogP contribution in [0.4, 0.5) is 5.82 Å². The Kier molecular flexibility index (Phi) is 3.11. The van der Waals surface area contributed by atoms with E-state index >= 15 is 0 Å². The second-order valence-electron chi connectivity index (χ2n) is 3.37. The van der Waals surface area contributed by atoms with Gasteiger partial charge in [0.2, 0.25) is 0 Å². The maximum Gasteiger partial charge on any atom is 0.330 e. The molecule has 0 fully saturated rings. The second kappa shape index (κ2) is 4.13. The zero-order valence-corrected chi connectivity index (χ0v) is 8.41. The van der Waals surface area contributed by atoms with E-state index in [0.29, 0.717) is 0 Å². The molecule has 0 spiro atoms. The number of anilines is 1. The van der Waals surface area contributed by atoms with Gasteiger partial charge in [-0.15, -0.1) is 0 Å². The monoisotopic (exact) mass is 197 g/mol. The lowest BCUT2D eigenvalue weighted by Crippen LogP contribution is -2.33. The minimum absolute atomic E-state index is 0.0179. The van der Waals surface area contributed by atoms with Crippen LogP contribution in [-0.2, 0) is 0 Å². The average molecular weight is 197 g/mol. The lowest BCUT2D eigenvalue weighted by Gasteiger charge is -2.15. The van der Waals surface area contributed by atoms with Gasteiger partial charge in [-0.3, -0.25) is 14.3 Å². The van der Waals surface area contributed by atoms with Crippen molar-refractivity contribution in [2.75, 3.05) is 5.73 Å². The van der Waals surface area contributed by atoms with Gasteiger partial charge < -0.3 is 5.73 Å². The van der Waals surface area contributed by atoms with E-state index in [1.54, 1.807) is 0 Å². The van der Waals surface area contributed by atoms with E-state index in [1.165, 1.54) is 10.6 Å². The molecule has 5 heteroatoms. The van der Waals surface area contributed by atoms with Crippen molar-refractivity contribution in [2.24, 2.45) is 0 Å². The largest absolute Gasteiger partial charge is 0.385 e. The third-order valence-corrected chi connectivity index (χ3v) is 2.15. The van der Waals surface area contributed by atoms with Crippen molar-refractivity contribution in [2.45, 2.75) is 32.7 Å². The first-order valence-corrected chi connectivity index (χ1v) is 4.67. The van der Waals surface area contributed by atoms with Crippen molar-refractivity contribution in [3.05, 3.63) is 26.9 Å². The molecule has 1 rings (SSSR count). The fourth-order valence-corrected chi connectivity index (χ4v) is 1.52. The maximum atomic E-state index is 11.4. The Morgan fingerprint density at radius 2 is 2.21 bits per heavy atom. The topological polar surface area (TPSA) is 80.9 Å². The van der Waals surface area contributed by atoms with Gasteiger partial charge >= 0.3 is 5.69 Å². The number of nitrogens with one attached hydrogen (secondary N) is 1. The number of H-pyrrole nitrogens is 1. The molecule has 1 aromatic heterocycles. The van der Waals surface area contributed by atoms with E-state index in [-0.39, 0.29) is 11.9 Å². The number of hydrogen-bond acceptors (Lipinski definition) is 3. The molecule has 0 saturated carbocycles. The molecule has 0 saturated heterocycles. The number of hydrogen-bond donors (Lipinski definition) is 2. The first kappa shape index (κ1) is 10.6. The highest BCUT2D eigenvalue weighted by Crippen LogP contribution is 2.12. The van der Waals surface area contributed by atoms with Crippen molar-refractivity contribution < 1.29 is 0 Å². The predicted molar refractivity (Wildman–Crippen MR) is 55.4 cm³/mol. The molecule has 1 aromatic rings. The van der Waals surface area contributed by atoms with Gasteiger partial charge in [0.05, 0.1) is 0 Å². The van der Waals surface area contributed by atoms with Crippen LogP contribution in [-0.4, -0.2) is 9.55 Å². The SMILES string of the molecule is CCCC(C)n1c(N)cc(=O)[nH]c1=O. The minimum atomic E-state index is -0.451. The van der Waals surface area contributed by atoms with Gasteiger partial charge in [0.25, 0.3) is 5.56 Å². The summed E-state index contributed by atoms with van der Waals surface area (Å²) in [6, 6.07) is 1.25. The molecule has 1 atom stereocenters. The van der Waals surface area contributed by atoms with Gasteiger partial charge in [-0.2, -0.15) is 0 Å². The van der Waals surface area contributed by atoms with E-state index in [0.717, 1.165) is 12.8 Å². The summed E-state index contributed by atoms with van der Waals surface area (Å²) in [5.41, 5.74) is 4.71. The molecule has 0 aromatic carbocycles. The van der Waals surface area contributed by atoms with Crippen molar-refractivity contribution in [1.82, 2.24) is 9.55 Å². The number of nitrogens with zero attached hydrogens (tertiary/aromatic N) is 1. The van der Waals surface area contributed by atoms with Crippen LogP contribution < -0.4 is 17.0 Å². The van der Waals surface area contributed by atoms with Crippen LogP contribution in [0, 0.1) is 0 Å². The Bertz CT molecular complexity index is 419. The summed E-state index contributed by atoms with van der Waals surface area (Å²) in [6.07, 6.45) is 1.82. The molecular weight excluding hydrogens is 182 g/mol. The maximum absolute atomic E-state index is 11.4. The van der Waals surface area contributed by atoms with E-state index in [2.05, 4.69) is 4.98 Å². The number of nitrogens with two attached hydrogens (primary N) is 1. The summed E-state index contributed by atoms with van der Waals surface area (Å²) >= 11 is 0. The normalized spacial score (nSPS) is 12.7. The summed E-state index contributed by atoms with van der Waals surface area (Å²) in [5, 5.41) is 0. The summed E-state index contributed by atoms with van der Waals surface area (Å²) < 4.78 is 1.41. The molecule has 0 aliphatic heterocycles. The lowest BCUT2D eigenvalue weighted by atomic mass is 10.2. The van der Waals surface area contributed by atoms with Crippen LogP contribution in [0.5, 0.6) is 0 Å². The van der Waals surface area contributed by atoms with Crippen molar-refractivity contribution in [3.8, 4) is 0 Å². The summed E-state index contributed by atoms with van der Waals surface area (Å²) in [5.74, 6) is 0.222. The summed E-state index contributed by atoms with van der Waals surface area (Å²) in [4.78, 5) is 24.5. The molecule has 0 aliphatic carbocycles. The van der Waals surface area contributed by atoms with Crippen LogP contribution in [0.3, 0.4) is 0 Å². The second-order valence-corrected chi connectivity index (χ2v) is 3.37. The van der Waals surface area contributed by atoms with Gasteiger partial charge in [0.15, 0.2) is 0 Å². The van der Waals surface area contributed by atoms with E-state index in [4.69, 9.17) is 5.73 Å². The third kappa shape index (κ3) is 2.04. The van der Waals surface area contributed by atoms with E-state index < -0.39 is 11.2 Å². The smallest absolute Gasteiger partial charge is 0.330 e. The number of aromatic nitrogens is 2. The molecule has 5 nitrogen and oxygen atoms in total. The molecule has 0 bridgehead atoms. The van der Waals surface area contributed by atoms with Crippen LogP contribution in [0.25, 0.3) is 0 Å². The number of nitrogen functional groups attached to an aromatic ring is 1. The van der Waals surface area contributed by atoms with Crippen molar-refractivity contribution in [3.63, 3.8) is 0 Å². The zero-order chi connectivity index (χ0) is 10.7. The molecule has 3 N–H and O–H groups in total. The van der Waals surface area contributed by atoms with Gasteiger partial charge in [-0.05, 0) is 13.3 Å². The molecule has 0 radical (unpaired) electrons. The molecule has 14 heavy (non-hydrogen) atoms. The number of aromatic amines is 1. The Labute approximate surface area is 81.6 Å². The van der Waals surface area contributed by atoms with Crippen LogP contribution in [0.15, 0.2) is 15.7 Å². The highest BCUT2D eigenvalue weighted by atomic mass is 16.2. The first-order chi connectivity index (χ1) is 6.56. The van der Waals surface area contributed by atoms with E-state index in [1.807, 2.05) is 13.8 Å². The van der Waals surface area contributed by atoms with Crippen molar-refractivity contribution in [1.29, 1.82) is 0 Å². The average Bonchev–Trinajstić information content (AvgIpc) is 2.01. The summed E-state index contributed by atoms with van der Waals surface area (Å²) in [7, 11) is 0. The predicted octanol–water partition coefficient (Wildman–Crippen LogP) is 0.480. The fourth-order valence-electron chi connectivity index (χ4n) is 1.52.